The van der Waals surface area contributed by atoms with Crippen LogP contribution in [0.4, 0.5) is 5.69 Å². The third kappa shape index (κ3) is 3.10. The summed E-state index contributed by atoms with van der Waals surface area (Å²) in [6.07, 6.45) is 3.69. The minimum atomic E-state index is 0.532. The fourth-order valence-electron chi connectivity index (χ4n) is 3.15. The van der Waals surface area contributed by atoms with Crippen LogP contribution in [0.1, 0.15) is 24.0 Å². The maximum absolute atomic E-state index is 5.53. The molecule has 1 aromatic carbocycles. The maximum atomic E-state index is 5.53. The number of nitrogens with one attached hydrogen (secondary N) is 1. The first-order valence-corrected chi connectivity index (χ1v) is 7.48. The highest BCUT2D eigenvalue weighted by Crippen LogP contribution is 2.28. The fourth-order valence-corrected chi connectivity index (χ4v) is 3.15. The van der Waals surface area contributed by atoms with Crippen molar-refractivity contribution in [1.29, 1.82) is 0 Å². The van der Waals surface area contributed by atoms with E-state index in [9.17, 15) is 0 Å². The number of morpholine rings is 1. The van der Waals surface area contributed by atoms with E-state index in [1.165, 1.54) is 42.6 Å². The van der Waals surface area contributed by atoms with Crippen molar-refractivity contribution in [2.75, 3.05) is 37.7 Å². The molecular formula is C16H24N2O. The van der Waals surface area contributed by atoms with E-state index in [0.29, 0.717) is 6.04 Å². The van der Waals surface area contributed by atoms with Crippen LogP contribution in [0, 0.1) is 6.92 Å². The quantitative estimate of drug-likeness (QED) is 0.901. The van der Waals surface area contributed by atoms with Gasteiger partial charge in [-0.05, 0) is 37.8 Å². The van der Waals surface area contributed by atoms with Gasteiger partial charge in [0.1, 0.15) is 0 Å². The van der Waals surface area contributed by atoms with E-state index in [-0.39, 0.29) is 0 Å². The van der Waals surface area contributed by atoms with Gasteiger partial charge in [-0.1, -0.05) is 17.7 Å². The lowest BCUT2D eigenvalue weighted by Gasteiger charge is -2.33. The van der Waals surface area contributed by atoms with Crippen LogP contribution >= 0.6 is 0 Å². The SMILES string of the molecule is Cc1ccc2c(c1)CCCN2CCC1COCCN1. The van der Waals surface area contributed by atoms with Crippen LogP contribution in [0.3, 0.4) is 0 Å². The Labute approximate surface area is 115 Å². The summed E-state index contributed by atoms with van der Waals surface area (Å²) >= 11 is 0. The molecule has 19 heavy (non-hydrogen) atoms. The van der Waals surface area contributed by atoms with Gasteiger partial charge in [0.15, 0.2) is 0 Å². The Morgan fingerprint density at radius 3 is 3.21 bits per heavy atom. The highest BCUT2D eigenvalue weighted by atomic mass is 16.5. The summed E-state index contributed by atoms with van der Waals surface area (Å²) in [7, 11) is 0. The molecule has 2 aliphatic heterocycles. The number of fused-ring (bicyclic) bond motifs is 1. The zero-order valence-corrected chi connectivity index (χ0v) is 11.8. The molecule has 1 atom stereocenters. The van der Waals surface area contributed by atoms with Gasteiger partial charge < -0.3 is 15.0 Å². The normalized spacial score (nSPS) is 23.2. The predicted molar refractivity (Wildman–Crippen MR) is 78.9 cm³/mol. The smallest absolute Gasteiger partial charge is 0.0620 e. The first-order chi connectivity index (χ1) is 9.33. The minimum Gasteiger partial charge on any atom is -0.379 e. The van der Waals surface area contributed by atoms with Crippen molar-refractivity contribution < 1.29 is 4.74 Å². The summed E-state index contributed by atoms with van der Waals surface area (Å²) in [5.41, 5.74) is 4.36. The summed E-state index contributed by atoms with van der Waals surface area (Å²) in [6.45, 7) is 7.25. The summed E-state index contributed by atoms with van der Waals surface area (Å²) < 4.78 is 5.53. The van der Waals surface area contributed by atoms with E-state index in [1.807, 2.05) is 0 Å². The van der Waals surface area contributed by atoms with Crippen molar-refractivity contribution in [2.45, 2.75) is 32.2 Å². The fraction of sp³-hybridized carbons (Fsp3) is 0.625. The molecule has 3 nitrogen and oxygen atoms in total. The highest BCUT2D eigenvalue weighted by molar-refractivity contribution is 5.56. The molecule has 1 N–H and O–H groups in total. The summed E-state index contributed by atoms with van der Waals surface area (Å²) in [5.74, 6) is 0. The molecule has 2 aliphatic rings. The van der Waals surface area contributed by atoms with Crippen molar-refractivity contribution in [3.63, 3.8) is 0 Å². The van der Waals surface area contributed by atoms with Crippen LogP contribution in [0.15, 0.2) is 18.2 Å². The highest BCUT2D eigenvalue weighted by Gasteiger charge is 2.19. The van der Waals surface area contributed by atoms with Crippen molar-refractivity contribution >= 4 is 5.69 Å². The second kappa shape index (κ2) is 5.93. The van der Waals surface area contributed by atoms with Gasteiger partial charge in [0.2, 0.25) is 0 Å². The number of hydrogen-bond acceptors (Lipinski definition) is 3. The first-order valence-electron chi connectivity index (χ1n) is 7.48. The Balaban J connectivity index is 1.63. The van der Waals surface area contributed by atoms with Gasteiger partial charge >= 0.3 is 0 Å². The standard InChI is InChI=1S/C16H24N2O/c1-13-4-5-16-14(11-13)3-2-8-18(16)9-6-15-12-19-10-7-17-15/h4-5,11,15,17H,2-3,6-10,12H2,1H3. The third-order valence-electron chi connectivity index (χ3n) is 4.20. The van der Waals surface area contributed by atoms with Gasteiger partial charge in [-0.3, -0.25) is 0 Å². The third-order valence-corrected chi connectivity index (χ3v) is 4.20. The largest absolute Gasteiger partial charge is 0.379 e. The van der Waals surface area contributed by atoms with Crippen LogP contribution < -0.4 is 10.2 Å². The average Bonchev–Trinajstić information content (AvgIpc) is 2.45. The molecule has 0 saturated carbocycles. The number of aryl methyl sites for hydroxylation is 2. The van der Waals surface area contributed by atoms with E-state index >= 15 is 0 Å². The van der Waals surface area contributed by atoms with E-state index in [4.69, 9.17) is 4.74 Å². The zero-order chi connectivity index (χ0) is 13.1. The van der Waals surface area contributed by atoms with Crippen molar-refractivity contribution in [1.82, 2.24) is 5.32 Å². The molecule has 1 fully saturated rings. The van der Waals surface area contributed by atoms with E-state index < -0.39 is 0 Å². The lowest BCUT2D eigenvalue weighted by molar-refractivity contribution is 0.0748. The van der Waals surface area contributed by atoms with E-state index in [2.05, 4.69) is 35.3 Å². The Morgan fingerprint density at radius 2 is 2.37 bits per heavy atom. The van der Waals surface area contributed by atoms with E-state index in [1.54, 1.807) is 0 Å². The lowest BCUT2D eigenvalue weighted by atomic mass is 9.99. The van der Waals surface area contributed by atoms with Crippen molar-refractivity contribution in [2.24, 2.45) is 0 Å². The van der Waals surface area contributed by atoms with Crippen LogP contribution in [0.2, 0.25) is 0 Å². The van der Waals surface area contributed by atoms with Gasteiger partial charge in [-0.2, -0.15) is 0 Å². The van der Waals surface area contributed by atoms with Gasteiger partial charge in [-0.15, -0.1) is 0 Å². The van der Waals surface area contributed by atoms with Crippen molar-refractivity contribution in [3.8, 4) is 0 Å². The Hall–Kier alpha value is -1.06. The van der Waals surface area contributed by atoms with Crippen LogP contribution in [0.5, 0.6) is 0 Å². The molecule has 0 bridgehead atoms. The van der Waals surface area contributed by atoms with Crippen molar-refractivity contribution in [3.05, 3.63) is 29.3 Å². The number of nitrogens with zero attached hydrogens (tertiary/aromatic N) is 1. The molecule has 0 aromatic heterocycles. The molecule has 3 heteroatoms. The number of rotatable bonds is 3. The Kier molecular flexibility index (Phi) is 4.04. The average molecular weight is 260 g/mol. The summed E-state index contributed by atoms with van der Waals surface area (Å²) in [4.78, 5) is 2.55. The van der Waals surface area contributed by atoms with Gasteiger partial charge in [0, 0.05) is 31.4 Å². The van der Waals surface area contributed by atoms with Gasteiger partial charge in [0.25, 0.3) is 0 Å². The summed E-state index contributed by atoms with van der Waals surface area (Å²) in [6, 6.07) is 7.42. The molecule has 1 unspecified atom stereocenters. The molecule has 0 aliphatic carbocycles. The topological polar surface area (TPSA) is 24.5 Å². The Morgan fingerprint density at radius 1 is 1.42 bits per heavy atom. The number of hydrogen-bond donors (Lipinski definition) is 1. The van der Waals surface area contributed by atoms with Crippen LogP contribution in [-0.2, 0) is 11.2 Å². The maximum Gasteiger partial charge on any atom is 0.0620 e. The molecule has 0 amide bonds. The molecule has 1 saturated heterocycles. The van der Waals surface area contributed by atoms with Crippen LogP contribution in [0.25, 0.3) is 0 Å². The first kappa shape index (κ1) is 12.9. The molecule has 0 radical (unpaired) electrons. The van der Waals surface area contributed by atoms with Crippen LogP contribution in [-0.4, -0.2) is 38.9 Å². The van der Waals surface area contributed by atoms with Gasteiger partial charge in [0.05, 0.1) is 13.2 Å². The molecular weight excluding hydrogens is 236 g/mol. The number of benzene rings is 1. The minimum absolute atomic E-state index is 0.532. The molecule has 1 aromatic rings. The molecule has 104 valence electrons. The van der Waals surface area contributed by atoms with Gasteiger partial charge in [-0.25, -0.2) is 0 Å². The second-order valence-corrected chi connectivity index (χ2v) is 5.74. The summed E-state index contributed by atoms with van der Waals surface area (Å²) in [5, 5.41) is 3.54. The molecule has 0 spiro atoms. The second-order valence-electron chi connectivity index (χ2n) is 5.74. The molecule has 2 heterocycles. The zero-order valence-electron chi connectivity index (χ0n) is 11.8. The Bertz CT molecular complexity index is 427. The number of anilines is 1. The number of ether oxygens (including phenoxy) is 1. The van der Waals surface area contributed by atoms with E-state index in [0.717, 1.165) is 26.3 Å². The predicted octanol–water partition coefficient (Wildman–Crippen LogP) is 2.13. The molecule has 3 rings (SSSR count). The lowest BCUT2D eigenvalue weighted by Crippen LogP contribution is -2.43. The monoisotopic (exact) mass is 260 g/mol.